The summed E-state index contributed by atoms with van der Waals surface area (Å²) in [7, 11) is 0. The summed E-state index contributed by atoms with van der Waals surface area (Å²) in [6, 6.07) is -0.941. The number of ether oxygens (including phenoxy) is 1. The van der Waals surface area contributed by atoms with Crippen molar-refractivity contribution < 1.29 is 29.0 Å². The van der Waals surface area contributed by atoms with Crippen molar-refractivity contribution in [2.24, 2.45) is 5.73 Å². The molecule has 7 heteroatoms. The number of carbonyl (C=O) groups is 4. The monoisotopic (exact) mass is 217 g/mol. The molecule has 0 heterocycles. The number of carboxylic acid groups (broad SMARTS) is 1. The standard InChI is InChI=1S/C8H11NO6/c1-4(9)8(14)15-6(11)3-2-5(10)7(12)13/h4H,2-3,9H2,1H3,(H,12,13)/t4-/m0/s1. The van der Waals surface area contributed by atoms with Gasteiger partial charge in [0.05, 0.1) is 6.42 Å². The zero-order valence-electron chi connectivity index (χ0n) is 8.06. The normalized spacial score (nSPS) is 11.6. The number of aliphatic carboxylic acids is 1. The highest BCUT2D eigenvalue weighted by atomic mass is 16.6. The quantitative estimate of drug-likeness (QED) is 0.338. The van der Waals surface area contributed by atoms with E-state index in [-0.39, 0.29) is 0 Å². The topological polar surface area (TPSA) is 124 Å². The van der Waals surface area contributed by atoms with Gasteiger partial charge in [0.25, 0.3) is 0 Å². The third-order valence-corrected chi connectivity index (χ3v) is 1.38. The van der Waals surface area contributed by atoms with Crippen LogP contribution < -0.4 is 5.73 Å². The van der Waals surface area contributed by atoms with E-state index in [0.717, 1.165) is 0 Å². The molecule has 0 radical (unpaired) electrons. The molecule has 0 rings (SSSR count). The zero-order valence-corrected chi connectivity index (χ0v) is 8.06. The summed E-state index contributed by atoms with van der Waals surface area (Å²) in [6.45, 7) is 1.33. The highest BCUT2D eigenvalue weighted by Gasteiger charge is 2.18. The number of carbonyl (C=O) groups excluding carboxylic acids is 3. The van der Waals surface area contributed by atoms with Crippen molar-refractivity contribution in [1.82, 2.24) is 0 Å². The SMILES string of the molecule is C[C@H](N)C(=O)OC(=O)CCC(=O)C(=O)O. The Kier molecular flexibility index (Phi) is 5.18. The van der Waals surface area contributed by atoms with Gasteiger partial charge in [-0.05, 0) is 6.92 Å². The molecule has 84 valence electrons. The van der Waals surface area contributed by atoms with E-state index in [1.165, 1.54) is 6.92 Å². The molecule has 0 aliphatic heterocycles. The minimum atomic E-state index is -1.62. The Morgan fingerprint density at radius 1 is 1.27 bits per heavy atom. The summed E-state index contributed by atoms with van der Waals surface area (Å²) >= 11 is 0. The third-order valence-electron chi connectivity index (χ3n) is 1.38. The number of ketones is 1. The van der Waals surface area contributed by atoms with Gasteiger partial charge in [0.1, 0.15) is 6.04 Å². The van der Waals surface area contributed by atoms with Crippen molar-refractivity contribution in [3.05, 3.63) is 0 Å². The van der Waals surface area contributed by atoms with Crippen molar-refractivity contribution in [2.45, 2.75) is 25.8 Å². The van der Waals surface area contributed by atoms with Gasteiger partial charge in [-0.3, -0.25) is 9.59 Å². The fourth-order valence-electron chi connectivity index (χ4n) is 0.579. The molecule has 7 nitrogen and oxygen atoms in total. The highest BCUT2D eigenvalue weighted by molar-refractivity contribution is 6.32. The number of rotatable bonds is 5. The molecule has 0 saturated carbocycles. The molecule has 0 spiro atoms. The lowest BCUT2D eigenvalue weighted by atomic mass is 10.2. The van der Waals surface area contributed by atoms with Crippen LogP contribution in [0, 0.1) is 0 Å². The van der Waals surface area contributed by atoms with Gasteiger partial charge in [0, 0.05) is 6.42 Å². The highest BCUT2D eigenvalue weighted by Crippen LogP contribution is 1.96. The molecule has 0 unspecified atom stereocenters. The Labute approximate surface area is 85.2 Å². The first-order chi connectivity index (χ1) is 6.84. The molecule has 0 aromatic heterocycles. The van der Waals surface area contributed by atoms with Crippen molar-refractivity contribution >= 4 is 23.7 Å². The van der Waals surface area contributed by atoms with Gasteiger partial charge in [-0.25, -0.2) is 9.59 Å². The average molecular weight is 217 g/mol. The molecule has 3 N–H and O–H groups in total. The molecule has 0 fully saturated rings. The molecule has 1 atom stereocenters. The third kappa shape index (κ3) is 5.53. The van der Waals surface area contributed by atoms with Gasteiger partial charge in [-0.1, -0.05) is 0 Å². The minimum absolute atomic E-state index is 0.455. The smallest absolute Gasteiger partial charge is 0.372 e. The van der Waals surface area contributed by atoms with E-state index < -0.39 is 42.6 Å². The summed E-state index contributed by atoms with van der Waals surface area (Å²) in [4.78, 5) is 42.2. The second-order valence-corrected chi connectivity index (χ2v) is 2.81. The van der Waals surface area contributed by atoms with Crippen LogP contribution in [0.4, 0.5) is 0 Å². The molecule has 0 aliphatic rings. The van der Waals surface area contributed by atoms with Gasteiger partial charge < -0.3 is 15.6 Å². The first-order valence-corrected chi connectivity index (χ1v) is 4.10. The first-order valence-electron chi connectivity index (χ1n) is 4.10. The minimum Gasteiger partial charge on any atom is -0.476 e. The Bertz CT molecular complexity index is 296. The van der Waals surface area contributed by atoms with Crippen LogP contribution >= 0.6 is 0 Å². The van der Waals surface area contributed by atoms with Crippen LogP contribution in [0.15, 0.2) is 0 Å². The Morgan fingerprint density at radius 3 is 2.20 bits per heavy atom. The van der Waals surface area contributed by atoms with Gasteiger partial charge in [-0.15, -0.1) is 0 Å². The van der Waals surface area contributed by atoms with Crippen molar-refractivity contribution in [1.29, 1.82) is 0 Å². The molecule has 0 saturated heterocycles. The van der Waals surface area contributed by atoms with E-state index in [0.29, 0.717) is 0 Å². The van der Waals surface area contributed by atoms with Gasteiger partial charge >= 0.3 is 17.9 Å². The molecule has 0 aliphatic carbocycles. The Balaban J connectivity index is 3.91. The molecule has 15 heavy (non-hydrogen) atoms. The summed E-state index contributed by atoms with van der Waals surface area (Å²) in [5.41, 5.74) is 5.10. The average Bonchev–Trinajstić information content (AvgIpc) is 2.13. The summed E-state index contributed by atoms with van der Waals surface area (Å²) in [5, 5.41) is 8.18. The fraction of sp³-hybridized carbons (Fsp3) is 0.500. The maximum Gasteiger partial charge on any atom is 0.372 e. The largest absolute Gasteiger partial charge is 0.476 e. The number of nitrogens with two attached hydrogens (primary N) is 1. The molecular weight excluding hydrogens is 206 g/mol. The van der Waals surface area contributed by atoms with Crippen LogP contribution in [0.1, 0.15) is 19.8 Å². The molecule has 0 aromatic rings. The number of Topliss-reactive ketones (excluding diaryl/α,β-unsaturated/α-hetero) is 1. The fourth-order valence-corrected chi connectivity index (χ4v) is 0.579. The maximum absolute atomic E-state index is 10.8. The molecule has 0 amide bonds. The van der Waals surface area contributed by atoms with Gasteiger partial charge in [0.2, 0.25) is 5.78 Å². The van der Waals surface area contributed by atoms with E-state index in [2.05, 4.69) is 4.74 Å². The van der Waals surface area contributed by atoms with Crippen LogP contribution in [0.25, 0.3) is 0 Å². The number of esters is 2. The van der Waals surface area contributed by atoms with Gasteiger partial charge in [0.15, 0.2) is 0 Å². The van der Waals surface area contributed by atoms with Crippen molar-refractivity contribution in [2.75, 3.05) is 0 Å². The number of hydrogen-bond acceptors (Lipinski definition) is 6. The van der Waals surface area contributed by atoms with Gasteiger partial charge in [-0.2, -0.15) is 0 Å². The molecule has 0 bridgehead atoms. The number of hydrogen-bond donors (Lipinski definition) is 2. The summed E-state index contributed by atoms with van der Waals surface area (Å²) < 4.78 is 4.19. The summed E-state index contributed by atoms with van der Waals surface area (Å²) in [5.74, 6) is -4.61. The Hall–Kier alpha value is -1.76. The van der Waals surface area contributed by atoms with Crippen LogP contribution in [0.5, 0.6) is 0 Å². The van der Waals surface area contributed by atoms with Crippen molar-refractivity contribution in [3.63, 3.8) is 0 Å². The van der Waals surface area contributed by atoms with Crippen LogP contribution in [0.2, 0.25) is 0 Å². The lowest BCUT2D eigenvalue weighted by Gasteiger charge is -2.03. The summed E-state index contributed by atoms with van der Waals surface area (Å²) in [6.07, 6.45) is -0.954. The molecule has 0 aromatic carbocycles. The van der Waals surface area contributed by atoms with E-state index >= 15 is 0 Å². The second kappa shape index (κ2) is 5.86. The van der Waals surface area contributed by atoms with E-state index in [4.69, 9.17) is 10.8 Å². The van der Waals surface area contributed by atoms with Crippen molar-refractivity contribution in [3.8, 4) is 0 Å². The van der Waals surface area contributed by atoms with Crippen LogP contribution in [0.3, 0.4) is 0 Å². The van der Waals surface area contributed by atoms with Crippen LogP contribution in [-0.2, 0) is 23.9 Å². The maximum atomic E-state index is 10.8. The Morgan fingerprint density at radius 2 is 1.80 bits per heavy atom. The van der Waals surface area contributed by atoms with Crippen LogP contribution in [-0.4, -0.2) is 34.8 Å². The first kappa shape index (κ1) is 13.2. The van der Waals surface area contributed by atoms with E-state index in [1.54, 1.807) is 0 Å². The zero-order chi connectivity index (χ0) is 12.0. The van der Waals surface area contributed by atoms with E-state index in [9.17, 15) is 19.2 Å². The lowest BCUT2D eigenvalue weighted by molar-refractivity contribution is -0.161. The predicted octanol–water partition coefficient (Wildman–Crippen LogP) is -1.16. The van der Waals surface area contributed by atoms with E-state index in [1.807, 2.05) is 0 Å². The molecular formula is C8H11NO6. The predicted molar refractivity (Wildman–Crippen MR) is 46.6 cm³/mol. The number of carboxylic acids is 1. The second-order valence-electron chi connectivity index (χ2n) is 2.81. The lowest BCUT2D eigenvalue weighted by Crippen LogP contribution is -2.30.